The summed E-state index contributed by atoms with van der Waals surface area (Å²) < 4.78 is 20.3. The van der Waals surface area contributed by atoms with Crippen LogP contribution in [0.25, 0.3) is 10.8 Å². The predicted molar refractivity (Wildman–Crippen MR) is 127 cm³/mol. The van der Waals surface area contributed by atoms with Crippen molar-refractivity contribution in [3.63, 3.8) is 0 Å². The lowest BCUT2D eigenvalue weighted by Gasteiger charge is -2.30. The normalized spacial score (nSPS) is 12.8. The number of benzene rings is 3. The molecule has 1 amide bonds. The Hall–Kier alpha value is -3.12. The number of carboxylic acids is 1. The average Bonchev–Trinajstić information content (AvgIpc) is 2.80. The van der Waals surface area contributed by atoms with E-state index in [-0.39, 0.29) is 34.9 Å². The summed E-state index contributed by atoms with van der Waals surface area (Å²) in [6.07, 6.45) is 2.04. The van der Waals surface area contributed by atoms with Crippen LogP contribution in [0, 0.1) is 5.82 Å². The molecule has 0 fully saturated rings. The number of carbonyl (C=O) groups is 2. The number of rotatable bonds is 10. The molecule has 7 heteroatoms. The van der Waals surface area contributed by atoms with Crippen molar-refractivity contribution in [2.75, 3.05) is 0 Å². The molecule has 0 bridgehead atoms. The van der Waals surface area contributed by atoms with E-state index in [9.17, 15) is 19.1 Å². The monoisotopic (exact) mass is 471 g/mol. The maximum Gasteiger partial charge on any atom is 0.329 e. The first-order valence-electron chi connectivity index (χ1n) is 11.0. The highest BCUT2D eigenvalue weighted by Crippen LogP contribution is 2.32. The number of ether oxygens (including phenoxy) is 1. The minimum absolute atomic E-state index is 0.120. The van der Waals surface area contributed by atoms with Gasteiger partial charge in [-0.3, -0.25) is 4.79 Å². The minimum atomic E-state index is -1.38. The van der Waals surface area contributed by atoms with Gasteiger partial charge in [0.1, 0.15) is 23.7 Å². The Labute approximate surface area is 197 Å². The second kappa shape index (κ2) is 10.7. The van der Waals surface area contributed by atoms with Crippen LogP contribution < -0.4 is 10.1 Å². The Morgan fingerprint density at radius 2 is 1.88 bits per heavy atom. The number of nitrogens with one attached hydrogen (secondary N) is 1. The van der Waals surface area contributed by atoms with E-state index in [0.717, 1.165) is 11.8 Å². The van der Waals surface area contributed by atoms with Crippen molar-refractivity contribution in [3.8, 4) is 5.75 Å². The number of hydrogen-bond donors (Lipinski definition) is 2. The van der Waals surface area contributed by atoms with E-state index in [1.165, 1.54) is 12.1 Å². The molecule has 33 heavy (non-hydrogen) atoms. The number of fused-ring (bicyclic) bond motifs is 1. The summed E-state index contributed by atoms with van der Waals surface area (Å²) in [4.78, 5) is 25.4. The molecule has 1 atom stereocenters. The molecule has 5 nitrogen and oxygen atoms in total. The van der Waals surface area contributed by atoms with Gasteiger partial charge in [0, 0.05) is 16.0 Å². The van der Waals surface area contributed by atoms with E-state index >= 15 is 0 Å². The SMILES string of the molecule is CCCCC(CC)(NC(=O)c1ccc2ccccc2c1OCc1ccc(Cl)cc1F)C(=O)O. The second-order valence-corrected chi connectivity index (χ2v) is 8.42. The Kier molecular flexibility index (Phi) is 7.92. The molecule has 2 N–H and O–H groups in total. The van der Waals surface area contributed by atoms with Crippen molar-refractivity contribution in [3.05, 3.63) is 76.6 Å². The van der Waals surface area contributed by atoms with E-state index in [0.29, 0.717) is 18.2 Å². The smallest absolute Gasteiger partial charge is 0.329 e. The predicted octanol–water partition coefficient (Wildman–Crippen LogP) is 6.36. The third kappa shape index (κ3) is 5.45. The number of hydrogen-bond acceptors (Lipinski definition) is 3. The zero-order chi connectivity index (χ0) is 24.0. The highest BCUT2D eigenvalue weighted by molar-refractivity contribution is 6.30. The molecule has 0 aliphatic rings. The van der Waals surface area contributed by atoms with Crippen LogP contribution in [0.5, 0.6) is 5.75 Å². The van der Waals surface area contributed by atoms with Gasteiger partial charge in [-0.15, -0.1) is 0 Å². The molecule has 3 aromatic rings. The highest BCUT2D eigenvalue weighted by Gasteiger charge is 2.38. The Morgan fingerprint density at radius 1 is 1.12 bits per heavy atom. The maximum absolute atomic E-state index is 14.3. The fourth-order valence-electron chi connectivity index (χ4n) is 3.77. The van der Waals surface area contributed by atoms with Gasteiger partial charge in [0.05, 0.1) is 5.56 Å². The van der Waals surface area contributed by atoms with E-state index in [2.05, 4.69) is 5.32 Å². The fraction of sp³-hybridized carbons (Fsp3) is 0.308. The number of carboxylic acid groups (broad SMARTS) is 1. The van der Waals surface area contributed by atoms with Gasteiger partial charge in [-0.2, -0.15) is 0 Å². The molecule has 0 radical (unpaired) electrons. The fourth-order valence-corrected chi connectivity index (χ4v) is 3.93. The lowest BCUT2D eigenvalue weighted by molar-refractivity contribution is -0.145. The van der Waals surface area contributed by atoms with Crippen LogP contribution in [0.15, 0.2) is 54.6 Å². The van der Waals surface area contributed by atoms with Crippen LogP contribution in [-0.4, -0.2) is 22.5 Å². The molecule has 0 aromatic heterocycles. The average molecular weight is 472 g/mol. The Bertz CT molecular complexity index is 1170. The molecule has 0 heterocycles. The van der Waals surface area contributed by atoms with Crippen LogP contribution in [-0.2, 0) is 11.4 Å². The third-order valence-corrected chi connectivity index (χ3v) is 6.07. The maximum atomic E-state index is 14.3. The summed E-state index contributed by atoms with van der Waals surface area (Å²) in [5.41, 5.74) is -0.896. The van der Waals surface area contributed by atoms with Gasteiger partial charge < -0.3 is 15.2 Å². The molecule has 3 rings (SSSR count). The van der Waals surface area contributed by atoms with Crippen molar-refractivity contribution in [1.29, 1.82) is 0 Å². The quantitative estimate of drug-likeness (QED) is 0.360. The molecule has 0 aliphatic heterocycles. The molecule has 0 saturated heterocycles. The van der Waals surface area contributed by atoms with Gasteiger partial charge in [-0.1, -0.05) is 74.7 Å². The van der Waals surface area contributed by atoms with Crippen molar-refractivity contribution in [2.24, 2.45) is 0 Å². The van der Waals surface area contributed by atoms with Crippen LogP contribution in [0.1, 0.15) is 55.5 Å². The Balaban J connectivity index is 1.99. The topological polar surface area (TPSA) is 75.6 Å². The molecular weight excluding hydrogens is 445 g/mol. The van der Waals surface area contributed by atoms with E-state index in [1.807, 2.05) is 25.1 Å². The number of halogens is 2. The van der Waals surface area contributed by atoms with Gasteiger partial charge >= 0.3 is 5.97 Å². The van der Waals surface area contributed by atoms with Gasteiger partial charge in [-0.25, -0.2) is 9.18 Å². The van der Waals surface area contributed by atoms with Crippen molar-refractivity contribution in [2.45, 2.75) is 51.7 Å². The summed E-state index contributed by atoms with van der Waals surface area (Å²) in [5.74, 6) is -1.86. The lowest BCUT2D eigenvalue weighted by atomic mass is 9.89. The van der Waals surface area contributed by atoms with Gasteiger partial charge in [0.25, 0.3) is 5.91 Å². The first kappa shape index (κ1) is 24.5. The number of aliphatic carboxylic acids is 1. The van der Waals surface area contributed by atoms with Gasteiger partial charge in [0.15, 0.2) is 0 Å². The highest BCUT2D eigenvalue weighted by atomic mass is 35.5. The standard InChI is InChI=1S/C26H27ClFNO4/c1-3-5-14-26(4-2,25(31)32)29-24(30)21-13-11-17-8-6-7-9-20(17)23(21)33-16-18-10-12-19(27)15-22(18)28/h6-13,15H,3-5,14,16H2,1-2H3,(H,29,30)(H,31,32). The summed E-state index contributed by atoms with van der Waals surface area (Å²) in [5, 5.41) is 14.4. The van der Waals surface area contributed by atoms with Gasteiger partial charge in [0.2, 0.25) is 0 Å². The zero-order valence-corrected chi connectivity index (χ0v) is 19.4. The molecule has 1 unspecified atom stereocenters. The summed E-state index contributed by atoms with van der Waals surface area (Å²) in [6, 6.07) is 15.0. The van der Waals surface area contributed by atoms with Crippen molar-refractivity contribution >= 4 is 34.2 Å². The van der Waals surface area contributed by atoms with Crippen LogP contribution in [0.2, 0.25) is 5.02 Å². The molecule has 0 saturated carbocycles. The number of unbranched alkanes of at least 4 members (excludes halogenated alkanes) is 1. The first-order valence-corrected chi connectivity index (χ1v) is 11.3. The van der Waals surface area contributed by atoms with Crippen molar-refractivity contribution < 1.29 is 23.8 Å². The number of carbonyl (C=O) groups excluding carboxylic acids is 1. The molecule has 174 valence electrons. The second-order valence-electron chi connectivity index (χ2n) is 7.99. The summed E-state index contributed by atoms with van der Waals surface area (Å²) in [7, 11) is 0. The van der Waals surface area contributed by atoms with Crippen LogP contribution in [0.4, 0.5) is 4.39 Å². The molecule has 0 aliphatic carbocycles. The summed E-state index contributed by atoms with van der Waals surface area (Å²) in [6.45, 7) is 3.59. The van der Waals surface area contributed by atoms with E-state index < -0.39 is 23.2 Å². The minimum Gasteiger partial charge on any atom is -0.487 e. The van der Waals surface area contributed by atoms with Gasteiger partial charge in [-0.05, 0) is 36.4 Å². The first-order chi connectivity index (χ1) is 15.8. The lowest BCUT2D eigenvalue weighted by Crippen LogP contribution is -2.54. The molecule has 3 aromatic carbocycles. The largest absolute Gasteiger partial charge is 0.487 e. The zero-order valence-electron chi connectivity index (χ0n) is 18.7. The Morgan fingerprint density at radius 3 is 2.55 bits per heavy atom. The van der Waals surface area contributed by atoms with E-state index in [4.69, 9.17) is 16.3 Å². The van der Waals surface area contributed by atoms with E-state index in [1.54, 1.807) is 31.2 Å². The van der Waals surface area contributed by atoms with Crippen LogP contribution >= 0.6 is 11.6 Å². The molecule has 0 spiro atoms. The molecular formula is C26H27ClFNO4. The third-order valence-electron chi connectivity index (χ3n) is 5.83. The van der Waals surface area contributed by atoms with Crippen LogP contribution in [0.3, 0.4) is 0 Å². The van der Waals surface area contributed by atoms with Crippen molar-refractivity contribution in [1.82, 2.24) is 5.32 Å². The summed E-state index contributed by atoms with van der Waals surface area (Å²) >= 11 is 5.83. The number of amides is 1.